The van der Waals surface area contributed by atoms with Crippen LogP contribution < -0.4 is 10.6 Å². The minimum absolute atomic E-state index is 0.0700. The lowest BCUT2D eigenvalue weighted by atomic mass is 9.95. The predicted molar refractivity (Wildman–Crippen MR) is 91.7 cm³/mol. The van der Waals surface area contributed by atoms with Gasteiger partial charge in [0.2, 0.25) is 11.8 Å². The number of hydrogen-bond donors (Lipinski definition) is 3. The molecular weight excluding hydrogens is 348 g/mol. The van der Waals surface area contributed by atoms with Gasteiger partial charge >= 0.3 is 11.4 Å². The Morgan fingerprint density at radius 3 is 2.40 bits per heavy atom. The van der Waals surface area contributed by atoms with Crippen molar-refractivity contribution in [2.45, 2.75) is 52.2 Å². The molecule has 5 unspecified atom stereocenters. The Morgan fingerprint density at radius 1 is 1.16 bits per heavy atom. The van der Waals surface area contributed by atoms with Crippen LogP contribution in [0, 0.1) is 17.3 Å². The minimum atomic E-state index is -2.30. The minimum Gasteiger partial charge on any atom is -0.373 e. The van der Waals surface area contributed by atoms with Crippen molar-refractivity contribution in [2.75, 3.05) is 19.7 Å². The summed E-state index contributed by atoms with van der Waals surface area (Å²) in [5.41, 5.74) is -0.535. The number of ether oxygens (including phenoxy) is 1. The lowest BCUT2D eigenvalue weighted by molar-refractivity contribution is -0.131. The van der Waals surface area contributed by atoms with Crippen LogP contribution in [0.2, 0.25) is 0 Å². The monoisotopic (exact) mass is 376 g/mol. The van der Waals surface area contributed by atoms with Crippen molar-refractivity contribution < 1.29 is 27.3 Å². The lowest BCUT2D eigenvalue weighted by Gasteiger charge is -2.29. The van der Waals surface area contributed by atoms with E-state index in [1.807, 2.05) is 0 Å². The van der Waals surface area contributed by atoms with Gasteiger partial charge in [-0.2, -0.15) is 4.21 Å². The summed E-state index contributed by atoms with van der Waals surface area (Å²) in [4.78, 5) is 23.4. The molecule has 2 aliphatic rings. The van der Waals surface area contributed by atoms with Gasteiger partial charge < -0.3 is 15.4 Å². The molecule has 5 atom stereocenters. The molecule has 0 aromatic carbocycles. The Balaban J connectivity index is 1.66. The van der Waals surface area contributed by atoms with E-state index >= 15 is 0 Å². The zero-order valence-electron chi connectivity index (χ0n) is 14.9. The van der Waals surface area contributed by atoms with E-state index in [-0.39, 0.29) is 36.5 Å². The maximum absolute atomic E-state index is 11.7. The summed E-state index contributed by atoms with van der Waals surface area (Å²) in [6.45, 7) is 5.88. The highest BCUT2D eigenvalue weighted by Gasteiger charge is 2.50. The van der Waals surface area contributed by atoms with Crippen molar-refractivity contribution in [3.05, 3.63) is 0 Å². The van der Waals surface area contributed by atoms with Gasteiger partial charge in [-0.3, -0.25) is 18.3 Å². The first-order chi connectivity index (χ1) is 11.7. The van der Waals surface area contributed by atoms with Crippen LogP contribution in [0.15, 0.2) is 0 Å². The van der Waals surface area contributed by atoms with Gasteiger partial charge in [-0.05, 0) is 31.1 Å². The molecule has 0 radical (unpaired) electrons. The number of nitrogens with one attached hydrogen (secondary N) is 2. The highest BCUT2D eigenvalue weighted by molar-refractivity contribution is 7.74. The van der Waals surface area contributed by atoms with Crippen molar-refractivity contribution in [2.24, 2.45) is 17.3 Å². The number of carbonyl (C=O) groups excluding carboxylic acids is 2. The molecule has 0 aromatic rings. The quantitative estimate of drug-likeness (QED) is 0.422. The maximum Gasteiger partial charge on any atom is 0.302 e. The summed E-state index contributed by atoms with van der Waals surface area (Å²) in [6.07, 6.45) is 2.44. The third-order valence-electron chi connectivity index (χ3n) is 4.79. The molecule has 144 valence electrons. The first-order valence-corrected chi connectivity index (χ1v) is 9.66. The zero-order valence-corrected chi connectivity index (χ0v) is 15.8. The predicted octanol–water partition coefficient (Wildman–Crippen LogP) is 0.602. The van der Waals surface area contributed by atoms with E-state index in [0.29, 0.717) is 19.1 Å². The van der Waals surface area contributed by atoms with Crippen molar-refractivity contribution in [3.8, 4) is 0 Å². The average Bonchev–Trinajstić information content (AvgIpc) is 3.10. The van der Waals surface area contributed by atoms with Gasteiger partial charge in [0.25, 0.3) is 0 Å². The fourth-order valence-corrected chi connectivity index (χ4v) is 3.98. The first-order valence-electron chi connectivity index (χ1n) is 8.63. The molecule has 2 fully saturated rings. The largest absolute Gasteiger partial charge is 0.373 e. The second-order valence-electron chi connectivity index (χ2n) is 7.73. The van der Waals surface area contributed by atoms with Gasteiger partial charge in [0.15, 0.2) is 0 Å². The van der Waals surface area contributed by atoms with E-state index in [9.17, 15) is 13.8 Å². The highest BCUT2D eigenvalue weighted by Crippen LogP contribution is 2.47. The maximum atomic E-state index is 11.7. The molecule has 2 rings (SSSR count). The van der Waals surface area contributed by atoms with E-state index in [4.69, 9.17) is 13.5 Å². The van der Waals surface area contributed by atoms with Gasteiger partial charge in [0, 0.05) is 12.0 Å². The number of fused-ring (bicyclic) bond motifs is 2. The zero-order chi connectivity index (χ0) is 18.6. The highest BCUT2D eigenvalue weighted by atomic mass is 32.2. The summed E-state index contributed by atoms with van der Waals surface area (Å²) < 4.78 is 30.8. The Labute approximate surface area is 150 Å². The molecule has 0 saturated heterocycles. The van der Waals surface area contributed by atoms with Gasteiger partial charge in [0.05, 0.1) is 19.3 Å². The molecular formula is C16H28N2O6S. The summed E-state index contributed by atoms with van der Waals surface area (Å²) in [5, 5.41) is 5.27. The summed E-state index contributed by atoms with van der Waals surface area (Å²) in [7, 11) is 0. The molecule has 0 aliphatic heterocycles. The molecule has 3 N–H and O–H groups in total. The second-order valence-corrected chi connectivity index (χ2v) is 8.36. The molecule has 2 bridgehead atoms. The normalized spacial score (nSPS) is 29.4. The number of rotatable bonds is 8. The SMILES string of the molecule is CC(C)(C)C(=O)NCC(=O)NCCOC1C2CCC(C2)C1OS(=O)O. The third kappa shape index (κ3) is 5.73. The van der Waals surface area contributed by atoms with Crippen LogP contribution >= 0.6 is 0 Å². The molecule has 0 heterocycles. The van der Waals surface area contributed by atoms with Crippen molar-refractivity contribution in [3.63, 3.8) is 0 Å². The van der Waals surface area contributed by atoms with E-state index in [2.05, 4.69) is 10.6 Å². The molecule has 0 aromatic heterocycles. The molecule has 2 saturated carbocycles. The fraction of sp³-hybridized carbons (Fsp3) is 0.875. The van der Waals surface area contributed by atoms with Crippen LogP contribution in [0.3, 0.4) is 0 Å². The van der Waals surface area contributed by atoms with Crippen LogP contribution in [0.5, 0.6) is 0 Å². The fourth-order valence-electron chi connectivity index (χ4n) is 3.52. The van der Waals surface area contributed by atoms with Crippen LogP contribution in [0.4, 0.5) is 0 Å². The molecule has 0 spiro atoms. The Bertz CT molecular complexity index is 521. The molecule has 8 nitrogen and oxygen atoms in total. The number of carbonyl (C=O) groups is 2. The van der Waals surface area contributed by atoms with E-state index in [1.165, 1.54) is 0 Å². The van der Waals surface area contributed by atoms with E-state index in [0.717, 1.165) is 19.3 Å². The summed E-state index contributed by atoms with van der Waals surface area (Å²) >= 11 is -2.30. The van der Waals surface area contributed by atoms with Crippen molar-refractivity contribution >= 4 is 23.2 Å². The topological polar surface area (TPSA) is 114 Å². The van der Waals surface area contributed by atoms with Gasteiger partial charge in [0.1, 0.15) is 6.10 Å². The molecule has 2 aliphatic carbocycles. The average molecular weight is 376 g/mol. The first kappa shape index (κ1) is 20.3. The van der Waals surface area contributed by atoms with Gasteiger partial charge in [-0.1, -0.05) is 20.8 Å². The Hall–Kier alpha value is -1.03. The van der Waals surface area contributed by atoms with Crippen LogP contribution in [-0.4, -0.2) is 52.5 Å². The van der Waals surface area contributed by atoms with E-state index < -0.39 is 16.8 Å². The number of amides is 2. The smallest absolute Gasteiger partial charge is 0.302 e. The molecule has 9 heteroatoms. The molecule has 25 heavy (non-hydrogen) atoms. The van der Waals surface area contributed by atoms with Crippen molar-refractivity contribution in [1.29, 1.82) is 0 Å². The summed E-state index contributed by atoms with van der Waals surface area (Å²) in [6, 6.07) is 0. The standard InChI is InChI=1S/C16H28N2O6S/c1-16(2,3)15(20)18-9-12(19)17-6-7-23-13-10-4-5-11(8-10)14(13)24-25(21)22/h10-11,13-14H,4-9H2,1-3H3,(H,17,19)(H,18,20)(H,21,22). The number of hydrogen-bond acceptors (Lipinski definition) is 5. The van der Waals surface area contributed by atoms with Gasteiger partial charge in [-0.25, -0.2) is 0 Å². The van der Waals surface area contributed by atoms with Gasteiger partial charge in [-0.15, -0.1) is 0 Å². The van der Waals surface area contributed by atoms with Crippen molar-refractivity contribution in [1.82, 2.24) is 10.6 Å². The second kappa shape index (κ2) is 8.57. The van der Waals surface area contributed by atoms with Crippen LogP contribution in [0.25, 0.3) is 0 Å². The van der Waals surface area contributed by atoms with E-state index in [1.54, 1.807) is 20.8 Å². The molecule has 2 amide bonds. The summed E-state index contributed by atoms with van der Waals surface area (Å²) in [5.74, 6) is 0.157. The van der Waals surface area contributed by atoms with Crippen LogP contribution in [0.1, 0.15) is 40.0 Å². The Morgan fingerprint density at radius 2 is 1.80 bits per heavy atom. The van der Waals surface area contributed by atoms with Crippen LogP contribution in [-0.2, 0) is 29.9 Å². The third-order valence-corrected chi connectivity index (χ3v) is 5.17. The lowest BCUT2D eigenvalue weighted by Crippen LogP contribution is -2.43. The Kier molecular flexibility index (Phi) is 6.95.